The Hall–Kier alpha value is -2.79. The zero-order valence-corrected chi connectivity index (χ0v) is 17.4. The molecule has 3 rings (SSSR count). The van der Waals surface area contributed by atoms with Gasteiger partial charge in [0.2, 0.25) is 10.0 Å². The number of nitrogens with zero attached hydrogens (tertiary/aromatic N) is 2. The highest BCUT2D eigenvalue weighted by Gasteiger charge is 2.32. The summed E-state index contributed by atoms with van der Waals surface area (Å²) in [6.07, 6.45) is -5.03. The molecule has 0 amide bonds. The molecule has 0 unspecified atom stereocenters. The third kappa shape index (κ3) is 5.67. The number of halogens is 3. The van der Waals surface area contributed by atoms with E-state index in [4.69, 9.17) is 5.11 Å². The fourth-order valence-electron chi connectivity index (χ4n) is 3.36. The third-order valence-corrected chi connectivity index (χ3v) is 6.87. The van der Waals surface area contributed by atoms with Crippen molar-refractivity contribution in [3.05, 3.63) is 53.6 Å². The number of hydrogen-bond acceptors (Lipinski definition) is 5. The van der Waals surface area contributed by atoms with Crippen LogP contribution < -0.4 is 9.64 Å². The number of carboxylic acid groups (broad SMARTS) is 1. The number of benzene rings is 2. The second kappa shape index (κ2) is 8.75. The van der Waals surface area contributed by atoms with E-state index in [1.165, 1.54) is 40.7 Å². The molecule has 2 aromatic rings. The Kier molecular flexibility index (Phi) is 6.46. The molecule has 0 bridgehead atoms. The Morgan fingerprint density at radius 2 is 1.68 bits per heavy atom. The van der Waals surface area contributed by atoms with Crippen LogP contribution in [0.25, 0.3) is 0 Å². The van der Waals surface area contributed by atoms with Crippen molar-refractivity contribution in [3.8, 4) is 5.75 Å². The van der Waals surface area contributed by atoms with E-state index in [1.807, 2.05) is 4.90 Å². The molecule has 1 saturated heterocycles. The van der Waals surface area contributed by atoms with Crippen molar-refractivity contribution in [2.24, 2.45) is 0 Å². The molecule has 0 saturated carbocycles. The van der Waals surface area contributed by atoms with Crippen LogP contribution >= 0.6 is 0 Å². The highest BCUT2D eigenvalue weighted by atomic mass is 32.2. The summed E-state index contributed by atoms with van der Waals surface area (Å²) in [5, 5.41) is 9.01. The number of sulfonamides is 1. The normalized spacial score (nSPS) is 15.7. The Labute approximate surface area is 177 Å². The van der Waals surface area contributed by atoms with E-state index < -0.39 is 22.4 Å². The minimum Gasteiger partial charge on any atom is -0.481 e. The topological polar surface area (TPSA) is 87.2 Å². The number of carboxylic acids is 1. The van der Waals surface area contributed by atoms with Crippen LogP contribution in [0.15, 0.2) is 47.4 Å². The Bertz CT molecular complexity index is 1050. The predicted octanol–water partition coefficient (Wildman–Crippen LogP) is 3.03. The number of piperazine rings is 1. The Balaban J connectivity index is 1.68. The molecule has 11 heteroatoms. The van der Waals surface area contributed by atoms with E-state index in [0.29, 0.717) is 29.9 Å². The van der Waals surface area contributed by atoms with Crippen molar-refractivity contribution in [1.29, 1.82) is 0 Å². The number of aryl methyl sites for hydroxylation is 1. The molecule has 1 aliphatic heterocycles. The van der Waals surface area contributed by atoms with E-state index in [1.54, 1.807) is 13.0 Å². The van der Waals surface area contributed by atoms with Gasteiger partial charge in [0.25, 0.3) is 0 Å². The molecule has 1 heterocycles. The number of alkyl halides is 3. The molecule has 168 valence electrons. The minimum atomic E-state index is -4.76. The lowest BCUT2D eigenvalue weighted by atomic mass is 10.1. The lowest BCUT2D eigenvalue weighted by Gasteiger charge is -2.35. The van der Waals surface area contributed by atoms with Gasteiger partial charge >= 0.3 is 12.3 Å². The molecule has 1 fully saturated rings. The van der Waals surface area contributed by atoms with Crippen LogP contribution in [0.2, 0.25) is 0 Å². The standard InChI is InChI=1S/C20H21F3N2O5S/c1-14-2-7-18(12-15(14)13-19(26)27)31(28,29)25-10-8-24(9-11-25)16-3-5-17(6-4-16)30-20(21,22)23/h2-7,12H,8-11,13H2,1H3,(H,26,27). The molecule has 7 nitrogen and oxygen atoms in total. The zero-order valence-electron chi connectivity index (χ0n) is 16.6. The van der Waals surface area contributed by atoms with Gasteiger partial charge in [-0.25, -0.2) is 8.42 Å². The van der Waals surface area contributed by atoms with Crippen molar-refractivity contribution < 1.29 is 36.2 Å². The van der Waals surface area contributed by atoms with E-state index in [0.717, 1.165) is 0 Å². The summed E-state index contributed by atoms with van der Waals surface area (Å²) < 4.78 is 68.0. The molecular formula is C20H21F3N2O5S. The van der Waals surface area contributed by atoms with E-state index >= 15 is 0 Å². The molecule has 1 aliphatic rings. The second-order valence-electron chi connectivity index (χ2n) is 7.09. The highest BCUT2D eigenvalue weighted by Crippen LogP contribution is 2.27. The summed E-state index contributed by atoms with van der Waals surface area (Å²) in [5.41, 5.74) is 1.79. The number of ether oxygens (including phenoxy) is 1. The van der Waals surface area contributed by atoms with Crippen LogP contribution in [-0.4, -0.2) is 56.3 Å². The molecule has 0 aliphatic carbocycles. The maximum absolute atomic E-state index is 13.0. The number of aliphatic carboxylic acids is 1. The van der Waals surface area contributed by atoms with Crippen LogP contribution in [0.3, 0.4) is 0 Å². The van der Waals surface area contributed by atoms with Crippen molar-refractivity contribution >= 4 is 21.7 Å². The van der Waals surface area contributed by atoms with Gasteiger partial charge in [-0.05, 0) is 54.4 Å². The van der Waals surface area contributed by atoms with Gasteiger partial charge in [-0.1, -0.05) is 6.07 Å². The van der Waals surface area contributed by atoms with Crippen LogP contribution in [0.4, 0.5) is 18.9 Å². The number of carbonyl (C=O) groups is 1. The van der Waals surface area contributed by atoms with Gasteiger partial charge in [0, 0.05) is 31.9 Å². The molecule has 0 spiro atoms. The zero-order chi connectivity index (χ0) is 22.8. The van der Waals surface area contributed by atoms with Crippen molar-refractivity contribution in [1.82, 2.24) is 4.31 Å². The maximum Gasteiger partial charge on any atom is 0.573 e. The van der Waals surface area contributed by atoms with Crippen LogP contribution in [0, 0.1) is 6.92 Å². The summed E-state index contributed by atoms with van der Waals surface area (Å²) in [7, 11) is -3.80. The van der Waals surface area contributed by atoms with Crippen molar-refractivity contribution in [3.63, 3.8) is 0 Å². The van der Waals surface area contributed by atoms with Crippen molar-refractivity contribution in [2.75, 3.05) is 31.1 Å². The lowest BCUT2D eigenvalue weighted by Crippen LogP contribution is -2.48. The van der Waals surface area contributed by atoms with Crippen LogP contribution in [-0.2, 0) is 21.2 Å². The maximum atomic E-state index is 13.0. The summed E-state index contributed by atoms with van der Waals surface area (Å²) in [6.45, 7) is 2.80. The molecule has 0 radical (unpaired) electrons. The number of rotatable bonds is 6. The minimum absolute atomic E-state index is 0.0384. The average Bonchev–Trinajstić information content (AvgIpc) is 2.69. The van der Waals surface area contributed by atoms with Gasteiger partial charge in [0.1, 0.15) is 5.75 Å². The van der Waals surface area contributed by atoms with Gasteiger partial charge in [-0.3, -0.25) is 4.79 Å². The van der Waals surface area contributed by atoms with E-state index in [-0.39, 0.29) is 30.2 Å². The predicted molar refractivity (Wildman–Crippen MR) is 107 cm³/mol. The molecule has 2 aromatic carbocycles. The molecule has 0 aromatic heterocycles. The van der Waals surface area contributed by atoms with Gasteiger partial charge in [-0.2, -0.15) is 4.31 Å². The first-order valence-electron chi connectivity index (χ1n) is 9.38. The largest absolute Gasteiger partial charge is 0.573 e. The summed E-state index contributed by atoms with van der Waals surface area (Å²) in [5.74, 6) is -1.37. The second-order valence-corrected chi connectivity index (χ2v) is 9.03. The quantitative estimate of drug-likeness (QED) is 0.716. The lowest BCUT2D eigenvalue weighted by molar-refractivity contribution is -0.274. The Morgan fingerprint density at radius 1 is 1.06 bits per heavy atom. The van der Waals surface area contributed by atoms with Gasteiger partial charge < -0.3 is 14.7 Å². The molecular weight excluding hydrogens is 437 g/mol. The first-order chi connectivity index (χ1) is 14.5. The SMILES string of the molecule is Cc1ccc(S(=O)(=O)N2CCN(c3ccc(OC(F)(F)F)cc3)CC2)cc1CC(=O)O. The van der Waals surface area contributed by atoms with Crippen LogP contribution in [0.1, 0.15) is 11.1 Å². The first kappa shape index (κ1) is 22.9. The number of hydrogen-bond donors (Lipinski definition) is 1. The van der Waals surface area contributed by atoms with Crippen LogP contribution in [0.5, 0.6) is 5.75 Å². The summed E-state index contributed by atoms with van der Waals surface area (Å²) in [6, 6.07) is 9.84. The highest BCUT2D eigenvalue weighted by molar-refractivity contribution is 7.89. The summed E-state index contributed by atoms with van der Waals surface area (Å²) in [4.78, 5) is 12.9. The Morgan fingerprint density at radius 3 is 2.23 bits per heavy atom. The van der Waals surface area contributed by atoms with E-state index in [2.05, 4.69) is 4.74 Å². The molecule has 1 N–H and O–H groups in total. The fourth-order valence-corrected chi connectivity index (χ4v) is 4.83. The van der Waals surface area contributed by atoms with Gasteiger partial charge in [0.15, 0.2) is 0 Å². The fraction of sp³-hybridized carbons (Fsp3) is 0.350. The van der Waals surface area contributed by atoms with Gasteiger partial charge in [0.05, 0.1) is 11.3 Å². The molecule has 31 heavy (non-hydrogen) atoms. The third-order valence-electron chi connectivity index (χ3n) is 4.97. The monoisotopic (exact) mass is 458 g/mol. The smallest absolute Gasteiger partial charge is 0.481 e. The average molecular weight is 458 g/mol. The molecule has 0 atom stereocenters. The number of anilines is 1. The van der Waals surface area contributed by atoms with Gasteiger partial charge in [-0.15, -0.1) is 13.2 Å². The van der Waals surface area contributed by atoms with E-state index in [9.17, 15) is 26.4 Å². The first-order valence-corrected chi connectivity index (χ1v) is 10.8. The summed E-state index contributed by atoms with van der Waals surface area (Å²) >= 11 is 0. The van der Waals surface area contributed by atoms with Crippen molar-refractivity contribution in [2.45, 2.75) is 24.6 Å².